The van der Waals surface area contributed by atoms with Crippen LogP contribution in [0.2, 0.25) is 5.02 Å². The molecule has 7 heteroatoms. The second kappa shape index (κ2) is 4.06. The molecule has 15 heavy (non-hydrogen) atoms. The molecule has 0 heterocycles. The fourth-order valence-electron chi connectivity index (χ4n) is 0.852. The summed E-state index contributed by atoms with van der Waals surface area (Å²) in [4.78, 5) is 10.2. The summed E-state index contributed by atoms with van der Waals surface area (Å²) < 4.78 is 50.9. The van der Waals surface area contributed by atoms with E-state index in [1.165, 1.54) is 0 Å². The van der Waals surface area contributed by atoms with Crippen molar-refractivity contribution >= 4 is 17.6 Å². The van der Waals surface area contributed by atoms with Gasteiger partial charge in [0.2, 0.25) is 0 Å². The van der Waals surface area contributed by atoms with Gasteiger partial charge in [-0.15, -0.1) is 13.2 Å². The van der Waals surface area contributed by atoms with E-state index in [4.69, 9.17) is 11.6 Å². The van der Waals surface area contributed by atoms with Crippen LogP contribution >= 0.6 is 11.6 Å². The first-order valence-corrected chi connectivity index (χ1v) is 3.92. The van der Waals surface area contributed by atoms with Crippen molar-refractivity contribution in [1.82, 2.24) is 0 Å². The maximum Gasteiger partial charge on any atom is 0.573 e. The quantitative estimate of drug-likeness (QED) is 0.587. The Hall–Kier alpha value is -1.30. The first kappa shape index (κ1) is 11.8. The van der Waals surface area contributed by atoms with E-state index in [0.29, 0.717) is 6.07 Å². The summed E-state index contributed by atoms with van der Waals surface area (Å²) in [6.07, 6.45) is -4.86. The molecule has 0 radical (unpaired) electrons. The summed E-state index contributed by atoms with van der Waals surface area (Å²) in [5, 5.41) is -0.441. The number of carbonyl (C=O) groups excluding carboxylic acids is 1. The minimum Gasteiger partial charge on any atom is -0.406 e. The first-order chi connectivity index (χ1) is 6.79. The molecule has 0 aliphatic carbocycles. The molecule has 0 atom stereocenters. The standard InChI is InChI=1S/C8H3ClF4O2/c9-6-3-4(15-8(11,12)13)1-2-5(6)7(10)14/h1-3H. The van der Waals surface area contributed by atoms with Crippen molar-refractivity contribution < 1.29 is 27.1 Å². The van der Waals surface area contributed by atoms with Crippen molar-refractivity contribution in [3.8, 4) is 5.75 Å². The number of hydrogen-bond acceptors (Lipinski definition) is 2. The normalized spacial score (nSPS) is 11.3. The lowest BCUT2D eigenvalue weighted by Gasteiger charge is -2.09. The monoisotopic (exact) mass is 242 g/mol. The van der Waals surface area contributed by atoms with Gasteiger partial charge in [0.25, 0.3) is 0 Å². The van der Waals surface area contributed by atoms with Crippen LogP contribution in [0.4, 0.5) is 17.6 Å². The van der Waals surface area contributed by atoms with E-state index in [0.717, 1.165) is 12.1 Å². The molecule has 0 bridgehead atoms. The minimum absolute atomic E-state index is 0.441. The highest BCUT2D eigenvalue weighted by Gasteiger charge is 2.31. The van der Waals surface area contributed by atoms with Gasteiger partial charge in [0, 0.05) is 0 Å². The van der Waals surface area contributed by atoms with Crippen LogP contribution in [0.25, 0.3) is 0 Å². The van der Waals surface area contributed by atoms with Gasteiger partial charge in [-0.2, -0.15) is 4.39 Å². The highest BCUT2D eigenvalue weighted by Crippen LogP contribution is 2.27. The maximum absolute atomic E-state index is 12.2. The number of hydrogen-bond donors (Lipinski definition) is 0. The Kier molecular flexibility index (Phi) is 3.18. The predicted octanol–water partition coefficient (Wildman–Crippen LogP) is 3.35. The number of benzene rings is 1. The molecule has 0 fully saturated rings. The highest BCUT2D eigenvalue weighted by molar-refractivity contribution is 6.33. The lowest BCUT2D eigenvalue weighted by molar-refractivity contribution is -0.274. The number of halogens is 5. The molecule has 0 saturated heterocycles. The van der Waals surface area contributed by atoms with Crippen LogP contribution in [0.3, 0.4) is 0 Å². The van der Waals surface area contributed by atoms with E-state index in [-0.39, 0.29) is 0 Å². The van der Waals surface area contributed by atoms with E-state index in [9.17, 15) is 22.4 Å². The molecule has 0 saturated carbocycles. The van der Waals surface area contributed by atoms with Gasteiger partial charge < -0.3 is 4.74 Å². The zero-order chi connectivity index (χ0) is 11.6. The summed E-state index contributed by atoms with van der Waals surface area (Å²) in [5.41, 5.74) is -0.508. The van der Waals surface area contributed by atoms with Gasteiger partial charge in [-0.3, -0.25) is 4.79 Å². The van der Waals surface area contributed by atoms with Crippen LogP contribution < -0.4 is 4.74 Å². The van der Waals surface area contributed by atoms with Crippen LogP contribution in [-0.2, 0) is 0 Å². The van der Waals surface area contributed by atoms with Crippen molar-refractivity contribution in [2.45, 2.75) is 6.36 Å². The molecule has 0 aliphatic heterocycles. The zero-order valence-corrected chi connectivity index (χ0v) is 7.69. The van der Waals surface area contributed by atoms with Crippen LogP contribution in [0.1, 0.15) is 10.4 Å². The third-order valence-electron chi connectivity index (χ3n) is 1.39. The zero-order valence-electron chi connectivity index (χ0n) is 6.94. The molecule has 0 aromatic heterocycles. The summed E-state index contributed by atoms with van der Waals surface area (Å²) in [6.45, 7) is 0. The smallest absolute Gasteiger partial charge is 0.406 e. The van der Waals surface area contributed by atoms with E-state index in [2.05, 4.69) is 4.74 Å². The van der Waals surface area contributed by atoms with E-state index < -0.39 is 28.7 Å². The Balaban J connectivity index is 2.97. The SMILES string of the molecule is O=C(F)c1ccc(OC(F)(F)F)cc1Cl. The molecule has 1 aromatic carbocycles. The number of carbonyl (C=O) groups is 1. The Morgan fingerprint density at radius 2 is 1.93 bits per heavy atom. The molecule has 0 N–H and O–H groups in total. The fourth-order valence-corrected chi connectivity index (χ4v) is 1.10. The van der Waals surface area contributed by atoms with Crippen molar-refractivity contribution in [2.24, 2.45) is 0 Å². The second-order valence-electron chi connectivity index (χ2n) is 2.46. The molecule has 2 nitrogen and oxygen atoms in total. The average molecular weight is 243 g/mol. The van der Waals surface area contributed by atoms with Crippen molar-refractivity contribution in [3.05, 3.63) is 28.8 Å². The van der Waals surface area contributed by atoms with E-state index in [1.54, 1.807) is 0 Å². The van der Waals surface area contributed by atoms with Crippen molar-refractivity contribution in [2.75, 3.05) is 0 Å². The van der Waals surface area contributed by atoms with Crippen LogP contribution in [-0.4, -0.2) is 12.4 Å². The van der Waals surface area contributed by atoms with Gasteiger partial charge in [0.05, 0.1) is 10.6 Å². The van der Waals surface area contributed by atoms with Gasteiger partial charge >= 0.3 is 12.4 Å². The first-order valence-electron chi connectivity index (χ1n) is 3.55. The summed E-state index contributed by atoms with van der Waals surface area (Å²) in [6, 6.07) is 0.498. The molecule has 0 amide bonds. The topological polar surface area (TPSA) is 26.3 Å². The van der Waals surface area contributed by atoms with Crippen molar-refractivity contribution in [3.63, 3.8) is 0 Å². The lowest BCUT2D eigenvalue weighted by atomic mass is 10.2. The summed E-state index contributed by atoms with van der Waals surface area (Å²) in [7, 11) is 0. The second-order valence-corrected chi connectivity index (χ2v) is 2.87. The molecule has 1 rings (SSSR count). The van der Waals surface area contributed by atoms with Crippen LogP contribution in [0.15, 0.2) is 18.2 Å². The molecular weight excluding hydrogens is 240 g/mol. The van der Waals surface area contributed by atoms with Crippen molar-refractivity contribution in [1.29, 1.82) is 0 Å². The van der Waals surface area contributed by atoms with Crippen LogP contribution in [0, 0.1) is 0 Å². The van der Waals surface area contributed by atoms with E-state index in [1.807, 2.05) is 0 Å². The number of rotatable bonds is 2. The van der Waals surface area contributed by atoms with Gasteiger partial charge in [0.1, 0.15) is 5.75 Å². The Morgan fingerprint density at radius 1 is 1.33 bits per heavy atom. The third-order valence-corrected chi connectivity index (χ3v) is 1.70. The molecule has 0 unspecified atom stereocenters. The molecule has 0 aliphatic rings. The molecular formula is C8H3ClF4O2. The predicted molar refractivity (Wildman–Crippen MR) is 43.6 cm³/mol. The maximum atomic E-state index is 12.2. The van der Waals surface area contributed by atoms with Crippen LogP contribution in [0.5, 0.6) is 5.75 Å². The summed E-state index contributed by atoms with van der Waals surface area (Å²) >= 11 is 5.35. The molecule has 82 valence electrons. The fraction of sp³-hybridized carbons (Fsp3) is 0.125. The Bertz CT molecular complexity index is 389. The molecule has 1 aromatic rings. The Labute approximate surface area is 86.4 Å². The summed E-state index contributed by atoms with van der Waals surface area (Å²) in [5.74, 6) is -0.613. The minimum atomic E-state index is -4.86. The third kappa shape index (κ3) is 3.39. The number of ether oxygens (including phenoxy) is 1. The Morgan fingerprint density at radius 3 is 2.33 bits per heavy atom. The van der Waals surface area contributed by atoms with Gasteiger partial charge in [0.15, 0.2) is 0 Å². The largest absolute Gasteiger partial charge is 0.573 e. The average Bonchev–Trinajstić information content (AvgIpc) is 1.99. The van der Waals surface area contributed by atoms with Gasteiger partial charge in [-0.1, -0.05) is 11.6 Å². The van der Waals surface area contributed by atoms with E-state index >= 15 is 0 Å². The van der Waals surface area contributed by atoms with Gasteiger partial charge in [-0.25, -0.2) is 0 Å². The molecule has 0 spiro atoms. The lowest BCUT2D eigenvalue weighted by Crippen LogP contribution is -2.17. The number of alkyl halides is 3. The highest BCUT2D eigenvalue weighted by atomic mass is 35.5. The van der Waals surface area contributed by atoms with Gasteiger partial charge in [-0.05, 0) is 18.2 Å².